The molecule has 0 atom stereocenters. The van der Waals surface area contributed by atoms with Crippen LogP contribution in [0, 0.1) is 0 Å². The lowest BCUT2D eigenvalue weighted by Gasteiger charge is -1.95. The van der Waals surface area contributed by atoms with E-state index in [1.165, 1.54) is 24.6 Å². The van der Waals surface area contributed by atoms with Crippen LogP contribution in [0.1, 0.15) is 28.0 Å². The van der Waals surface area contributed by atoms with Crippen LogP contribution in [-0.2, 0) is 0 Å². The molecule has 2 N–H and O–H groups in total. The number of hydrogen-bond acceptors (Lipinski definition) is 6. The van der Waals surface area contributed by atoms with Crippen molar-refractivity contribution in [2.24, 2.45) is 0 Å². The largest absolute Gasteiger partial charge is 0.295 e. The van der Waals surface area contributed by atoms with Gasteiger partial charge < -0.3 is 0 Å². The number of amides is 1. The number of carbonyl (C=O) groups is 2. The third-order valence-corrected chi connectivity index (χ3v) is 2.47. The Hall–Kier alpha value is -2.09. The van der Waals surface area contributed by atoms with E-state index in [0.717, 1.165) is 0 Å². The van der Waals surface area contributed by atoms with Crippen LogP contribution in [-0.4, -0.2) is 31.9 Å². The van der Waals surface area contributed by atoms with E-state index in [2.05, 4.69) is 25.5 Å². The van der Waals surface area contributed by atoms with E-state index in [0.29, 0.717) is 10.8 Å². The zero-order valence-corrected chi connectivity index (χ0v) is 9.04. The predicted molar refractivity (Wildman–Crippen MR) is 56.5 cm³/mol. The Balaban J connectivity index is 2.09. The summed E-state index contributed by atoms with van der Waals surface area (Å²) in [6, 6.07) is 0. The number of thiazole rings is 1. The average Bonchev–Trinajstić information content (AvgIpc) is 2.87. The van der Waals surface area contributed by atoms with E-state index < -0.39 is 5.91 Å². The van der Waals surface area contributed by atoms with Gasteiger partial charge in [-0.3, -0.25) is 20.0 Å². The maximum absolute atomic E-state index is 11.5. The van der Waals surface area contributed by atoms with Crippen molar-refractivity contribution >= 4 is 28.2 Å². The minimum atomic E-state index is -0.443. The van der Waals surface area contributed by atoms with Crippen LogP contribution in [0.2, 0.25) is 0 Å². The van der Waals surface area contributed by atoms with E-state index in [4.69, 9.17) is 0 Å². The van der Waals surface area contributed by atoms with Crippen LogP contribution < -0.4 is 5.32 Å². The van der Waals surface area contributed by atoms with Gasteiger partial charge in [-0.1, -0.05) is 0 Å². The molecule has 0 bridgehead atoms. The summed E-state index contributed by atoms with van der Waals surface area (Å²) in [4.78, 5) is 30.1. The number of aromatic amines is 1. The van der Waals surface area contributed by atoms with Gasteiger partial charge in [0.25, 0.3) is 5.91 Å². The SMILES string of the molecule is CC(=O)c1csc(NC(=O)c2ncn[nH]2)n1. The molecular formula is C8H7N5O2S. The average molecular weight is 237 g/mol. The minimum Gasteiger partial charge on any atom is -0.295 e. The molecule has 0 unspecified atom stereocenters. The highest BCUT2D eigenvalue weighted by molar-refractivity contribution is 7.14. The number of carbonyl (C=O) groups excluding carboxylic acids is 2. The fraction of sp³-hybridized carbons (Fsp3) is 0.125. The summed E-state index contributed by atoms with van der Waals surface area (Å²) in [5.41, 5.74) is 0.331. The minimum absolute atomic E-state index is 0.0968. The summed E-state index contributed by atoms with van der Waals surface area (Å²) in [6.07, 6.45) is 1.23. The Morgan fingerprint density at radius 1 is 1.50 bits per heavy atom. The van der Waals surface area contributed by atoms with Crippen molar-refractivity contribution in [3.05, 3.63) is 23.2 Å². The van der Waals surface area contributed by atoms with Gasteiger partial charge in [0, 0.05) is 12.3 Å². The molecule has 0 aliphatic heterocycles. The molecule has 7 nitrogen and oxygen atoms in total. The van der Waals surface area contributed by atoms with E-state index >= 15 is 0 Å². The quantitative estimate of drug-likeness (QED) is 0.766. The smallest absolute Gasteiger partial charge is 0.294 e. The molecule has 2 aromatic rings. The van der Waals surface area contributed by atoms with Crippen LogP contribution in [0.15, 0.2) is 11.7 Å². The summed E-state index contributed by atoms with van der Waals surface area (Å²) in [7, 11) is 0. The monoisotopic (exact) mass is 237 g/mol. The Bertz CT molecular complexity index is 518. The third kappa shape index (κ3) is 2.11. The maximum Gasteiger partial charge on any atom is 0.294 e. The lowest BCUT2D eigenvalue weighted by atomic mass is 10.4. The molecular weight excluding hydrogens is 230 g/mol. The first-order valence-corrected chi connectivity index (χ1v) is 5.18. The molecule has 0 aliphatic rings. The van der Waals surface area contributed by atoms with Crippen molar-refractivity contribution in [3.63, 3.8) is 0 Å². The molecule has 16 heavy (non-hydrogen) atoms. The lowest BCUT2D eigenvalue weighted by molar-refractivity contribution is 0.1000. The molecule has 0 saturated heterocycles. The number of hydrogen-bond donors (Lipinski definition) is 2. The van der Waals surface area contributed by atoms with Gasteiger partial charge in [-0.25, -0.2) is 9.97 Å². The van der Waals surface area contributed by atoms with Gasteiger partial charge in [-0.2, -0.15) is 5.10 Å². The first-order valence-electron chi connectivity index (χ1n) is 4.30. The molecule has 0 aromatic carbocycles. The molecule has 82 valence electrons. The highest BCUT2D eigenvalue weighted by atomic mass is 32.1. The Morgan fingerprint density at radius 2 is 2.31 bits per heavy atom. The highest BCUT2D eigenvalue weighted by Gasteiger charge is 2.12. The van der Waals surface area contributed by atoms with E-state index in [1.54, 1.807) is 5.38 Å². The van der Waals surface area contributed by atoms with Crippen molar-refractivity contribution in [3.8, 4) is 0 Å². The second-order valence-electron chi connectivity index (χ2n) is 2.88. The van der Waals surface area contributed by atoms with Gasteiger partial charge in [0.1, 0.15) is 12.0 Å². The predicted octanol–water partition coefficient (Wildman–Crippen LogP) is 0.716. The summed E-state index contributed by atoms with van der Waals surface area (Å²) < 4.78 is 0. The second kappa shape index (κ2) is 4.19. The number of Topliss-reactive ketones (excluding diaryl/α,β-unsaturated/α-hetero) is 1. The van der Waals surface area contributed by atoms with Crippen molar-refractivity contribution in [1.29, 1.82) is 0 Å². The summed E-state index contributed by atoms with van der Waals surface area (Å²) >= 11 is 1.18. The summed E-state index contributed by atoms with van der Waals surface area (Å²) in [5.74, 6) is -0.488. The summed E-state index contributed by atoms with van der Waals surface area (Å²) in [5, 5.41) is 10.4. The molecule has 0 fully saturated rings. The van der Waals surface area contributed by atoms with Crippen LogP contribution in [0.3, 0.4) is 0 Å². The molecule has 0 radical (unpaired) electrons. The molecule has 2 rings (SSSR count). The third-order valence-electron chi connectivity index (χ3n) is 1.72. The molecule has 2 aromatic heterocycles. The maximum atomic E-state index is 11.5. The van der Waals surface area contributed by atoms with Gasteiger partial charge in [-0.05, 0) is 0 Å². The first kappa shape index (κ1) is 10.4. The van der Waals surface area contributed by atoms with E-state index in [-0.39, 0.29) is 11.6 Å². The van der Waals surface area contributed by atoms with Gasteiger partial charge in [-0.15, -0.1) is 11.3 Å². The van der Waals surface area contributed by atoms with Crippen molar-refractivity contribution < 1.29 is 9.59 Å². The Morgan fingerprint density at radius 3 is 2.88 bits per heavy atom. The molecule has 0 saturated carbocycles. The number of nitrogens with zero attached hydrogens (tertiary/aromatic N) is 3. The second-order valence-corrected chi connectivity index (χ2v) is 3.74. The van der Waals surface area contributed by atoms with Gasteiger partial charge in [0.15, 0.2) is 10.9 Å². The number of aromatic nitrogens is 4. The van der Waals surface area contributed by atoms with Crippen LogP contribution >= 0.6 is 11.3 Å². The summed E-state index contributed by atoms with van der Waals surface area (Å²) in [6.45, 7) is 1.41. The fourth-order valence-electron chi connectivity index (χ4n) is 0.964. The highest BCUT2D eigenvalue weighted by Crippen LogP contribution is 2.15. The topological polar surface area (TPSA) is 101 Å². The number of nitrogens with one attached hydrogen (secondary N) is 2. The van der Waals surface area contributed by atoms with Gasteiger partial charge in [0.2, 0.25) is 5.82 Å². The lowest BCUT2D eigenvalue weighted by Crippen LogP contribution is -2.13. The fourth-order valence-corrected chi connectivity index (χ4v) is 1.71. The van der Waals surface area contributed by atoms with Crippen molar-refractivity contribution in [1.82, 2.24) is 20.2 Å². The standard InChI is InChI=1S/C8H7N5O2S/c1-4(14)5-2-16-8(11-5)12-7(15)6-9-3-10-13-6/h2-3H,1H3,(H,9,10,13)(H,11,12,15). The Kier molecular flexibility index (Phi) is 2.73. The molecule has 8 heteroatoms. The normalized spacial score (nSPS) is 10.1. The van der Waals surface area contributed by atoms with Gasteiger partial charge >= 0.3 is 0 Å². The van der Waals surface area contributed by atoms with Gasteiger partial charge in [0.05, 0.1) is 0 Å². The zero-order valence-electron chi connectivity index (χ0n) is 8.22. The van der Waals surface area contributed by atoms with Crippen molar-refractivity contribution in [2.45, 2.75) is 6.92 Å². The zero-order chi connectivity index (χ0) is 11.5. The molecule has 2 heterocycles. The molecule has 0 spiro atoms. The van der Waals surface area contributed by atoms with E-state index in [1.807, 2.05) is 0 Å². The first-order chi connectivity index (χ1) is 7.66. The number of H-pyrrole nitrogens is 1. The van der Waals surface area contributed by atoms with E-state index in [9.17, 15) is 9.59 Å². The number of ketones is 1. The van der Waals surface area contributed by atoms with Crippen LogP contribution in [0.4, 0.5) is 5.13 Å². The van der Waals surface area contributed by atoms with Crippen LogP contribution in [0.5, 0.6) is 0 Å². The van der Waals surface area contributed by atoms with Crippen molar-refractivity contribution in [2.75, 3.05) is 5.32 Å². The van der Waals surface area contributed by atoms with Crippen LogP contribution in [0.25, 0.3) is 0 Å². The number of rotatable bonds is 3. The number of anilines is 1. The molecule has 1 amide bonds. The Labute approximate surface area is 93.9 Å². The molecule has 0 aliphatic carbocycles.